The van der Waals surface area contributed by atoms with Crippen molar-refractivity contribution in [3.63, 3.8) is 0 Å². The maximum absolute atomic E-state index is 12.0. The standard InChI is InChI=1S/C17H20N2O3/c1-22-12-16(20)14-3-2-4-15(11-14)19-17(21)6-5-13-7-9-18-10-8-13/h2-4,7-11,16,20H,5-6,12H2,1H3,(H,19,21). The van der Waals surface area contributed by atoms with Gasteiger partial charge in [0.15, 0.2) is 0 Å². The van der Waals surface area contributed by atoms with E-state index in [1.54, 1.807) is 36.7 Å². The Morgan fingerprint density at radius 3 is 2.82 bits per heavy atom. The molecule has 5 heteroatoms. The zero-order chi connectivity index (χ0) is 15.8. The maximum Gasteiger partial charge on any atom is 0.224 e. The third-order valence-electron chi connectivity index (χ3n) is 3.27. The fourth-order valence-electron chi connectivity index (χ4n) is 2.11. The summed E-state index contributed by atoms with van der Waals surface area (Å²) in [4.78, 5) is 15.9. The van der Waals surface area contributed by atoms with Crippen molar-refractivity contribution in [3.8, 4) is 0 Å². The van der Waals surface area contributed by atoms with Gasteiger partial charge in [-0.15, -0.1) is 0 Å². The van der Waals surface area contributed by atoms with Crippen molar-refractivity contribution in [3.05, 3.63) is 59.9 Å². The summed E-state index contributed by atoms with van der Waals surface area (Å²) in [6.45, 7) is 0.222. The van der Waals surface area contributed by atoms with Crippen LogP contribution in [0.5, 0.6) is 0 Å². The van der Waals surface area contributed by atoms with Crippen LogP contribution in [0.2, 0.25) is 0 Å². The van der Waals surface area contributed by atoms with Crippen LogP contribution in [-0.2, 0) is 16.0 Å². The molecule has 1 unspecified atom stereocenters. The minimum atomic E-state index is -0.696. The predicted molar refractivity (Wildman–Crippen MR) is 84.5 cm³/mol. The molecular weight excluding hydrogens is 280 g/mol. The van der Waals surface area contributed by atoms with Gasteiger partial charge in [0, 0.05) is 31.6 Å². The Hall–Kier alpha value is -2.24. The second-order valence-corrected chi connectivity index (χ2v) is 5.00. The van der Waals surface area contributed by atoms with Crippen molar-refractivity contribution in [2.24, 2.45) is 0 Å². The topological polar surface area (TPSA) is 71.5 Å². The number of pyridine rings is 1. The lowest BCUT2D eigenvalue weighted by atomic mass is 10.1. The summed E-state index contributed by atoms with van der Waals surface area (Å²) in [7, 11) is 1.54. The molecule has 1 aromatic carbocycles. The van der Waals surface area contributed by atoms with E-state index < -0.39 is 6.10 Å². The lowest BCUT2D eigenvalue weighted by Crippen LogP contribution is -2.13. The van der Waals surface area contributed by atoms with Crippen LogP contribution in [0.1, 0.15) is 23.7 Å². The van der Waals surface area contributed by atoms with E-state index in [1.807, 2.05) is 12.1 Å². The van der Waals surface area contributed by atoms with Crippen molar-refractivity contribution >= 4 is 11.6 Å². The van der Waals surface area contributed by atoms with Crippen LogP contribution in [0.15, 0.2) is 48.8 Å². The number of nitrogens with zero attached hydrogens (tertiary/aromatic N) is 1. The molecule has 5 nitrogen and oxygen atoms in total. The Morgan fingerprint density at radius 2 is 2.09 bits per heavy atom. The molecule has 1 heterocycles. The zero-order valence-corrected chi connectivity index (χ0v) is 12.5. The quantitative estimate of drug-likeness (QED) is 0.823. The highest BCUT2D eigenvalue weighted by atomic mass is 16.5. The van der Waals surface area contributed by atoms with Crippen LogP contribution in [0, 0.1) is 0 Å². The Kier molecular flexibility index (Phi) is 6.06. The molecule has 22 heavy (non-hydrogen) atoms. The highest BCUT2D eigenvalue weighted by molar-refractivity contribution is 5.90. The molecule has 2 aromatic rings. The Bertz CT molecular complexity index is 602. The van der Waals surface area contributed by atoms with Gasteiger partial charge in [0.25, 0.3) is 0 Å². The van der Waals surface area contributed by atoms with E-state index in [0.717, 1.165) is 5.56 Å². The van der Waals surface area contributed by atoms with Crippen molar-refractivity contribution in [2.45, 2.75) is 18.9 Å². The summed E-state index contributed by atoms with van der Waals surface area (Å²) in [5.74, 6) is -0.0600. The van der Waals surface area contributed by atoms with Crippen molar-refractivity contribution in [1.29, 1.82) is 0 Å². The largest absolute Gasteiger partial charge is 0.386 e. The molecule has 0 fully saturated rings. The van der Waals surface area contributed by atoms with E-state index >= 15 is 0 Å². The first kappa shape index (κ1) is 16.1. The molecule has 0 saturated heterocycles. The number of anilines is 1. The van der Waals surface area contributed by atoms with Crippen molar-refractivity contribution < 1.29 is 14.6 Å². The molecule has 2 N–H and O–H groups in total. The van der Waals surface area contributed by atoms with Crippen LogP contribution in [-0.4, -0.2) is 29.7 Å². The number of nitrogens with one attached hydrogen (secondary N) is 1. The second kappa shape index (κ2) is 8.26. The molecule has 0 aliphatic rings. The summed E-state index contributed by atoms with van der Waals surface area (Å²) in [6, 6.07) is 11.0. The smallest absolute Gasteiger partial charge is 0.224 e. The number of benzene rings is 1. The summed E-state index contributed by atoms with van der Waals surface area (Å²) in [5.41, 5.74) is 2.47. The van der Waals surface area contributed by atoms with Crippen LogP contribution in [0.25, 0.3) is 0 Å². The van der Waals surface area contributed by atoms with Crippen LogP contribution >= 0.6 is 0 Å². The molecule has 0 saturated carbocycles. The minimum absolute atomic E-state index is 0.0600. The summed E-state index contributed by atoms with van der Waals surface area (Å²) in [6.07, 6.45) is 3.80. The third kappa shape index (κ3) is 4.95. The van der Waals surface area contributed by atoms with Gasteiger partial charge in [-0.3, -0.25) is 9.78 Å². The molecule has 1 atom stereocenters. The number of carbonyl (C=O) groups excluding carboxylic acids is 1. The van der Waals surface area contributed by atoms with Crippen molar-refractivity contribution in [2.75, 3.05) is 19.0 Å². The number of amides is 1. The van der Waals surface area contributed by atoms with Crippen molar-refractivity contribution in [1.82, 2.24) is 4.98 Å². The number of hydrogen-bond donors (Lipinski definition) is 2. The van der Waals surface area contributed by atoms with E-state index in [1.165, 1.54) is 7.11 Å². The number of aliphatic hydroxyl groups excluding tert-OH is 1. The van der Waals surface area contributed by atoms with E-state index in [-0.39, 0.29) is 12.5 Å². The number of hydrogen-bond acceptors (Lipinski definition) is 4. The van der Waals surface area contributed by atoms with Gasteiger partial charge in [-0.2, -0.15) is 0 Å². The van der Waals surface area contributed by atoms with Gasteiger partial charge in [0.1, 0.15) is 6.10 Å². The van der Waals surface area contributed by atoms with E-state index in [0.29, 0.717) is 24.1 Å². The number of aromatic nitrogens is 1. The molecule has 0 aliphatic carbocycles. The number of ether oxygens (including phenoxy) is 1. The van der Waals surface area contributed by atoms with Gasteiger partial charge in [0.05, 0.1) is 6.61 Å². The van der Waals surface area contributed by atoms with Crippen LogP contribution in [0.4, 0.5) is 5.69 Å². The predicted octanol–water partition coefficient (Wildman–Crippen LogP) is 2.33. The highest BCUT2D eigenvalue weighted by Crippen LogP contribution is 2.18. The van der Waals surface area contributed by atoms with Gasteiger partial charge >= 0.3 is 0 Å². The number of aliphatic hydroxyl groups is 1. The molecule has 1 aromatic heterocycles. The summed E-state index contributed by atoms with van der Waals surface area (Å²) < 4.78 is 4.92. The fourth-order valence-corrected chi connectivity index (χ4v) is 2.11. The maximum atomic E-state index is 12.0. The second-order valence-electron chi connectivity index (χ2n) is 5.00. The molecule has 116 valence electrons. The SMILES string of the molecule is COCC(O)c1cccc(NC(=O)CCc2ccncc2)c1. The first-order valence-corrected chi connectivity index (χ1v) is 7.15. The summed E-state index contributed by atoms with van der Waals surface area (Å²) in [5, 5.41) is 12.7. The Labute approximate surface area is 130 Å². The van der Waals surface area contributed by atoms with Gasteiger partial charge in [-0.05, 0) is 41.8 Å². The van der Waals surface area contributed by atoms with Gasteiger partial charge in [0.2, 0.25) is 5.91 Å². The van der Waals surface area contributed by atoms with Crippen LogP contribution in [0.3, 0.4) is 0 Å². The lowest BCUT2D eigenvalue weighted by Gasteiger charge is -2.12. The Morgan fingerprint density at radius 1 is 1.32 bits per heavy atom. The normalized spacial score (nSPS) is 11.9. The summed E-state index contributed by atoms with van der Waals surface area (Å²) >= 11 is 0. The number of aryl methyl sites for hydroxylation is 1. The molecular formula is C17H20N2O3. The molecule has 1 amide bonds. The molecule has 2 rings (SSSR count). The van der Waals surface area contributed by atoms with E-state index in [2.05, 4.69) is 10.3 Å². The molecule has 0 spiro atoms. The first-order chi connectivity index (χ1) is 10.7. The zero-order valence-electron chi connectivity index (χ0n) is 12.5. The first-order valence-electron chi connectivity index (χ1n) is 7.15. The number of methoxy groups -OCH3 is 1. The average Bonchev–Trinajstić information content (AvgIpc) is 2.54. The fraction of sp³-hybridized carbons (Fsp3) is 0.294. The molecule has 0 bridgehead atoms. The number of rotatable bonds is 7. The van der Waals surface area contributed by atoms with Gasteiger partial charge in [-0.25, -0.2) is 0 Å². The van der Waals surface area contributed by atoms with Crippen LogP contribution < -0.4 is 5.32 Å². The van der Waals surface area contributed by atoms with E-state index in [4.69, 9.17) is 4.74 Å². The molecule has 0 aliphatic heterocycles. The third-order valence-corrected chi connectivity index (χ3v) is 3.27. The van der Waals surface area contributed by atoms with E-state index in [9.17, 15) is 9.90 Å². The van der Waals surface area contributed by atoms with Gasteiger partial charge < -0.3 is 15.2 Å². The lowest BCUT2D eigenvalue weighted by molar-refractivity contribution is -0.116. The monoisotopic (exact) mass is 300 g/mol. The minimum Gasteiger partial charge on any atom is -0.386 e. The average molecular weight is 300 g/mol. The van der Waals surface area contributed by atoms with Gasteiger partial charge in [-0.1, -0.05) is 12.1 Å². The molecule has 0 radical (unpaired) electrons. The Balaban J connectivity index is 1.90. The highest BCUT2D eigenvalue weighted by Gasteiger charge is 2.09. The number of carbonyl (C=O) groups is 1.